The first-order valence-electron chi connectivity index (χ1n) is 0. The molecule has 0 aromatic heterocycles. The summed E-state index contributed by atoms with van der Waals surface area (Å²) in [5.74, 6) is 0. The molecule has 0 unspecified atom stereocenters. The van der Waals surface area contributed by atoms with Crippen molar-refractivity contribution in [3.8, 4) is 0 Å². The van der Waals surface area contributed by atoms with Crippen molar-refractivity contribution in [1.29, 1.82) is 0 Å². The molecule has 0 amide bonds. The fraction of sp³-hybridized carbons (Fsp3) is 0. The molecular weight excluding hydrogens is 529 g/mol. The van der Waals surface area contributed by atoms with E-state index >= 15 is 0 Å². The zero-order valence-electron chi connectivity index (χ0n) is 2.13. The van der Waals surface area contributed by atoms with E-state index in [1.807, 2.05) is 0 Å². The van der Waals surface area contributed by atoms with Gasteiger partial charge in [0.05, 0.1) is 0 Å². The van der Waals surface area contributed by atoms with Crippen molar-refractivity contribution in [1.82, 2.24) is 0 Å². The van der Waals surface area contributed by atoms with Crippen molar-refractivity contribution >= 4 is 94.5 Å². The summed E-state index contributed by atoms with van der Waals surface area (Å²) >= 11 is 0. The van der Waals surface area contributed by atoms with E-state index in [1.165, 1.54) is 0 Å². The molecule has 0 bridgehead atoms. The summed E-state index contributed by atoms with van der Waals surface area (Å²) in [5, 5.41) is 0. The normalized spacial score (nSPS) is 0. The molecule has 0 rings (SSSR count). The molecule has 0 aliphatic heterocycles. The van der Waals surface area contributed by atoms with E-state index in [0.29, 0.717) is 0 Å². The Morgan fingerprint density at radius 1 is 0.400 bits per heavy atom. The number of hydrogen-bond acceptors (Lipinski definition) is 0. The van der Waals surface area contributed by atoms with Gasteiger partial charge in [-0.3, -0.25) is 0 Å². The van der Waals surface area contributed by atoms with Gasteiger partial charge in [-0.05, 0) is 0 Å². The van der Waals surface area contributed by atoms with Crippen LogP contribution in [0.4, 0.5) is 0 Å². The first kappa shape index (κ1) is 45.8. The van der Waals surface area contributed by atoms with Crippen molar-refractivity contribution in [2.24, 2.45) is 0 Å². The minimum absolute atomic E-state index is 0. The van der Waals surface area contributed by atoms with Crippen molar-refractivity contribution in [2.75, 3.05) is 0 Å². The van der Waals surface area contributed by atoms with E-state index in [1.54, 1.807) is 0 Å². The third-order valence-electron chi connectivity index (χ3n) is 0. The Labute approximate surface area is 93.0 Å². The van der Waals surface area contributed by atoms with Crippen molar-refractivity contribution in [2.45, 2.75) is 0 Å². The minimum atomic E-state index is 0. The standard InChI is InChI=1S/4BrH.Po.2H/h4*1H;;;. The summed E-state index contributed by atoms with van der Waals surface area (Å²) in [6, 6.07) is 0. The van der Waals surface area contributed by atoms with Gasteiger partial charge in [-0.25, -0.2) is 0 Å². The second-order valence-electron chi connectivity index (χ2n) is 0. The Kier molecular flexibility index (Phi) is 266. The van der Waals surface area contributed by atoms with E-state index in [2.05, 4.69) is 0 Å². The third-order valence-corrected chi connectivity index (χ3v) is 0. The second kappa shape index (κ2) is 29.1. The molecule has 0 aromatic carbocycles. The van der Waals surface area contributed by atoms with E-state index in [0.717, 1.165) is 0 Å². The van der Waals surface area contributed by atoms with Crippen LogP contribution < -0.4 is 0 Å². The van der Waals surface area contributed by atoms with Crippen LogP contribution in [0.2, 0.25) is 0 Å². The third kappa shape index (κ3) is 19.9. The zero-order valence-corrected chi connectivity index (χ0v) is 12.9. The van der Waals surface area contributed by atoms with Gasteiger partial charge >= 0.3 is 26.6 Å². The Morgan fingerprint density at radius 2 is 0.400 bits per heavy atom. The van der Waals surface area contributed by atoms with Gasteiger partial charge in [0.15, 0.2) is 0 Å². The van der Waals surface area contributed by atoms with Gasteiger partial charge in [-0.15, -0.1) is 67.9 Å². The molecule has 0 N–H and O–H groups in total. The van der Waals surface area contributed by atoms with Crippen LogP contribution >= 0.6 is 67.9 Å². The molecule has 0 radical (unpaired) electrons. The van der Waals surface area contributed by atoms with Crippen LogP contribution in [0.3, 0.4) is 0 Å². The fourth-order valence-electron chi connectivity index (χ4n) is 0. The molecule has 0 aromatic rings. The summed E-state index contributed by atoms with van der Waals surface area (Å²) < 4.78 is 0. The second-order valence-corrected chi connectivity index (χ2v) is 0. The Bertz CT molecular complexity index is 3.61. The van der Waals surface area contributed by atoms with Crippen LogP contribution in [0.25, 0.3) is 0 Å². The summed E-state index contributed by atoms with van der Waals surface area (Å²) in [7, 11) is 0. The van der Waals surface area contributed by atoms with Crippen LogP contribution in [0, 0.1) is 0 Å². The van der Waals surface area contributed by atoms with Gasteiger partial charge in [-0.2, -0.15) is 0 Å². The topological polar surface area (TPSA) is 0 Å². The molecule has 5 heavy (non-hydrogen) atoms. The zero-order chi connectivity index (χ0) is 0. The van der Waals surface area contributed by atoms with Gasteiger partial charge in [0.2, 0.25) is 0 Å². The predicted octanol–water partition coefficient (Wildman–Crippen LogP) is 1.40. The molecule has 0 aliphatic carbocycles. The average Bonchev–Trinajstić information content (AvgIpc) is 0. The molecule has 0 nitrogen and oxygen atoms in total. The first-order chi connectivity index (χ1) is 0. The molecule has 5 heteroatoms. The Morgan fingerprint density at radius 3 is 0.400 bits per heavy atom. The molecule has 40 valence electrons. The van der Waals surface area contributed by atoms with E-state index in [4.69, 9.17) is 0 Å². The molecule has 0 heterocycles. The summed E-state index contributed by atoms with van der Waals surface area (Å²) in [4.78, 5) is 0. The number of rotatable bonds is 0. The summed E-state index contributed by atoms with van der Waals surface area (Å²) in [5.41, 5.74) is 0. The van der Waals surface area contributed by atoms with Crippen molar-refractivity contribution in [3.05, 3.63) is 0 Å². The van der Waals surface area contributed by atoms with Crippen LogP contribution in [0.5, 0.6) is 0 Å². The maximum atomic E-state index is 0. The van der Waals surface area contributed by atoms with E-state index in [9.17, 15) is 0 Å². The van der Waals surface area contributed by atoms with Crippen molar-refractivity contribution < 1.29 is 0 Å². The van der Waals surface area contributed by atoms with Gasteiger partial charge in [-0.1, -0.05) is 0 Å². The molecule has 0 fully saturated rings. The van der Waals surface area contributed by atoms with Crippen LogP contribution in [0.15, 0.2) is 0 Å². The number of halogens is 4. The number of hydrogen-bond donors (Lipinski definition) is 0. The quantitative estimate of drug-likeness (QED) is 0.441. The maximum absolute atomic E-state index is 0. The van der Waals surface area contributed by atoms with Gasteiger partial charge in [0.25, 0.3) is 0 Å². The van der Waals surface area contributed by atoms with Gasteiger partial charge in [0.1, 0.15) is 0 Å². The molecular formula is H6Br4Po. The molecule has 0 aliphatic rings. The predicted molar refractivity (Wildman–Crippen MR) is 49.8 cm³/mol. The summed E-state index contributed by atoms with van der Waals surface area (Å²) in [6.07, 6.45) is 0. The Hall–Kier alpha value is 2.82. The summed E-state index contributed by atoms with van der Waals surface area (Å²) in [6.45, 7) is 0. The SMILES string of the molecule is Br.Br.Br.Br.[PoH2]. The van der Waals surface area contributed by atoms with E-state index in [-0.39, 0.29) is 94.5 Å². The Balaban J connectivity index is 0. The fourth-order valence-corrected chi connectivity index (χ4v) is 0. The van der Waals surface area contributed by atoms with Gasteiger partial charge < -0.3 is 0 Å². The average molecular weight is 535 g/mol. The van der Waals surface area contributed by atoms with E-state index < -0.39 is 0 Å². The van der Waals surface area contributed by atoms with Crippen LogP contribution in [-0.2, 0) is 0 Å². The van der Waals surface area contributed by atoms with Crippen molar-refractivity contribution in [3.63, 3.8) is 0 Å². The monoisotopic (exact) mass is 531 g/mol. The molecule has 0 atom stereocenters. The first-order valence-corrected chi connectivity index (χ1v) is 0. The van der Waals surface area contributed by atoms with Crippen LogP contribution in [-0.4, -0.2) is 26.6 Å². The van der Waals surface area contributed by atoms with Crippen LogP contribution in [0.1, 0.15) is 0 Å². The molecule has 0 saturated heterocycles. The molecule has 0 spiro atoms. The van der Waals surface area contributed by atoms with Gasteiger partial charge in [0, 0.05) is 0 Å². The molecule has 0 saturated carbocycles.